The maximum Gasteiger partial charge on any atom is 0.251 e. The van der Waals surface area contributed by atoms with Crippen molar-refractivity contribution in [3.8, 4) is 17.2 Å². The van der Waals surface area contributed by atoms with Crippen molar-refractivity contribution in [3.63, 3.8) is 0 Å². The van der Waals surface area contributed by atoms with Gasteiger partial charge in [0.2, 0.25) is 0 Å². The summed E-state index contributed by atoms with van der Waals surface area (Å²) in [6.07, 6.45) is 5.71. The number of nitrogens with zero attached hydrogens (tertiary/aromatic N) is 2. The number of hydrogen-bond acceptors (Lipinski definition) is 5. The monoisotopic (exact) mass is 468 g/mol. The van der Waals surface area contributed by atoms with Crippen LogP contribution in [0.15, 0.2) is 90.0 Å². The lowest BCUT2D eigenvalue weighted by Crippen LogP contribution is -2.45. The molecule has 1 heterocycles. The lowest BCUT2D eigenvalue weighted by atomic mass is 9.76. The Morgan fingerprint density at radius 1 is 0.857 bits per heavy atom. The molecule has 2 atom stereocenters. The van der Waals surface area contributed by atoms with Crippen molar-refractivity contribution in [2.24, 2.45) is 16.9 Å². The molecule has 0 fully saturated rings. The van der Waals surface area contributed by atoms with E-state index in [-0.39, 0.29) is 17.7 Å². The summed E-state index contributed by atoms with van der Waals surface area (Å²) in [4.78, 5) is 13.5. The van der Waals surface area contributed by atoms with Gasteiger partial charge in [-0.15, -0.1) is 0 Å². The van der Waals surface area contributed by atoms with Crippen LogP contribution in [0, 0.1) is 11.8 Å². The molecule has 3 aromatic carbocycles. The van der Waals surface area contributed by atoms with E-state index in [0.717, 1.165) is 29.0 Å². The van der Waals surface area contributed by atoms with Gasteiger partial charge in [0.15, 0.2) is 11.5 Å². The second kappa shape index (κ2) is 10.1. The first-order chi connectivity index (χ1) is 17.2. The Bertz CT molecular complexity index is 1250. The molecule has 5 rings (SSSR count). The average molecular weight is 469 g/mol. The standard InChI is InChI=1S/C29H28N2O4/c1-33-26-17-12-21(18-27(26)34-2)28-24-10-6-7-11-25(24)29(32)31(30-28)22-13-15-23(16-14-22)35-19-20-8-4-3-5-9-20/h3-9,12-18,24-25H,10-11,19H2,1-2H3/t24-,25+/m0/s1. The van der Waals surface area contributed by atoms with E-state index in [4.69, 9.17) is 19.3 Å². The third-order valence-electron chi connectivity index (χ3n) is 6.53. The van der Waals surface area contributed by atoms with Crippen molar-refractivity contribution in [1.29, 1.82) is 0 Å². The predicted octanol–water partition coefficient (Wildman–Crippen LogP) is 5.62. The summed E-state index contributed by atoms with van der Waals surface area (Å²) in [5, 5.41) is 6.41. The number of benzene rings is 3. The summed E-state index contributed by atoms with van der Waals surface area (Å²) in [6.45, 7) is 0.487. The van der Waals surface area contributed by atoms with Crippen LogP contribution >= 0.6 is 0 Å². The van der Waals surface area contributed by atoms with E-state index in [0.29, 0.717) is 30.2 Å². The van der Waals surface area contributed by atoms with Crippen LogP contribution in [-0.2, 0) is 11.4 Å². The quantitative estimate of drug-likeness (QED) is 0.423. The van der Waals surface area contributed by atoms with Crippen LogP contribution in [-0.4, -0.2) is 25.8 Å². The van der Waals surface area contributed by atoms with Crippen molar-refractivity contribution < 1.29 is 19.0 Å². The third-order valence-corrected chi connectivity index (χ3v) is 6.53. The number of ether oxygens (including phenoxy) is 3. The number of hydrogen-bond donors (Lipinski definition) is 0. The van der Waals surface area contributed by atoms with Gasteiger partial charge in [-0.25, -0.2) is 5.01 Å². The van der Waals surface area contributed by atoms with E-state index in [2.05, 4.69) is 12.2 Å². The number of allylic oxidation sites excluding steroid dienone is 2. The van der Waals surface area contributed by atoms with Crippen molar-refractivity contribution in [2.75, 3.05) is 19.2 Å². The molecule has 1 aliphatic heterocycles. The molecule has 1 aliphatic carbocycles. The molecule has 0 radical (unpaired) electrons. The first-order valence-corrected chi connectivity index (χ1v) is 11.7. The van der Waals surface area contributed by atoms with Gasteiger partial charge in [0.05, 0.1) is 31.5 Å². The minimum absolute atomic E-state index is 0.0153. The molecule has 6 nitrogen and oxygen atoms in total. The van der Waals surface area contributed by atoms with E-state index >= 15 is 0 Å². The van der Waals surface area contributed by atoms with Crippen molar-refractivity contribution in [1.82, 2.24) is 0 Å². The third kappa shape index (κ3) is 4.64. The topological polar surface area (TPSA) is 60.4 Å². The molecule has 0 aromatic heterocycles. The maximum atomic E-state index is 13.5. The van der Waals surface area contributed by atoms with Crippen molar-refractivity contribution in [2.45, 2.75) is 19.4 Å². The Morgan fingerprint density at radius 3 is 2.29 bits per heavy atom. The highest BCUT2D eigenvalue weighted by atomic mass is 16.5. The van der Waals surface area contributed by atoms with Crippen LogP contribution in [0.1, 0.15) is 24.0 Å². The molecular weight excluding hydrogens is 440 g/mol. The minimum atomic E-state index is -0.158. The van der Waals surface area contributed by atoms with Gasteiger partial charge in [0.25, 0.3) is 5.91 Å². The highest BCUT2D eigenvalue weighted by Gasteiger charge is 2.40. The first-order valence-electron chi connectivity index (χ1n) is 11.7. The number of carbonyl (C=O) groups is 1. The fraction of sp³-hybridized carbons (Fsp3) is 0.241. The highest BCUT2D eigenvalue weighted by Crippen LogP contribution is 2.38. The molecule has 0 saturated heterocycles. The van der Waals surface area contributed by atoms with E-state index in [1.54, 1.807) is 14.2 Å². The van der Waals surface area contributed by atoms with Gasteiger partial charge >= 0.3 is 0 Å². The zero-order valence-corrected chi connectivity index (χ0v) is 19.9. The van der Waals surface area contributed by atoms with Gasteiger partial charge in [-0.2, -0.15) is 5.10 Å². The molecule has 0 unspecified atom stereocenters. The van der Waals surface area contributed by atoms with Crippen molar-refractivity contribution in [3.05, 3.63) is 96.1 Å². The van der Waals surface area contributed by atoms with Crippen LogP contribution in [0.3, 0.4) is 0 Å². The number of carbonyl (C=O) groups excluding carboxylic acids is 1. The Labute approximate surface area is 205 Å². The summed E-state index contributed by atoms with van der Waals surface area (Å²) in [7, 11) is 3.24. The second-order valence-electron chi connectivity index (χ2n) is 8.63. The average Bonchev–Trinajstić information content (AvgIpc) is 2.93. The van der Waals surface area contributed by atoms with Crippen LogP contribution in [0.5, 0.6) is 17.2 Å². The minimum Gasteiger partial charge on any atom is -0.493 e. The molecule has 178 valence electrons. The summed E-state index contributed by atoms with van der Waals surface area (Å²) in [5.74, 6) is 1.92. The second-order valence-corrected chi connectivity index (χ2v) is 8.63. The Balaban J connectivity index is 1.44. The normalized spacial score (nSPS) is 19.1. The largest absolute Gasteiger partial charge is 0.493 e. The van der Waals surface area contributed by atoms with Gasteiger partial charge in [-0.3, -0.25) is 4.79 Å². The summed E-state index contributed by atoms with van der Waals surface area (Å²) < 4.78 is 16.8. The Kier molecular flexibility index (Phi) is 6.53. The number of anilines is 1. The van der Waals surface area contributed by atoms with E-state index < -0.39 is 0 Å². The molecule has 1 amide bonds. The lowest BCUT2D eigenvalue weighted by molar-refractivity contribution is -0.123. The Hall–Kier alpha value is -4.06. The number of hydrazone groups is 1. The van der Waals surface area contributed by atoms with Crippen LogP contribution in [0.25, 0.3) is 0 Å². The first kappa shape index (κ1) is 22.7. The molecule has 35 heavy (non-hydrogen) atoms. The van der Waals surface area contributed by atoms with Gasteiger partial charge < -0.3 is 14.2 Å². The van der Waals surface area contributed by atoms with E-state index in [1.165, 1.54) is 5.01 Å². The zero-order valence-electron chi connectivity index (χ0n) is 19.9. The molecule has 0 N–H and O–H groups in total. The number of methoxy groups -OCH3 is 2. The van der Waals surface area contributed by atoms with Gasteiger partial charge in [-0.05, 0) is 60.9 Å². The molecule has 2 aliphatic rings. The maximum absolute atomic E-state index is 13.5. The fourth-order valence-electron chi connectivity index (χ4n) is 4.65. The number of amides is 1. The smallest absolute Gasteiger partial charge is 0.251 e. The zero-order chi connectivity index (χ0) is 24.2. The fourth-order valence-corrected chi connectivity index (χ4v) is 4.65. The molecular formula is C29H28N2O4. The van der Waals surface area contributed by atoms with E-state index in [9.17, 15) is 4.79 Å². The summed E-state index contributed by atoms with van der Waals surface area (Å²) in [6, 6.07) is 23.3. The van der Waals surface area contributed by atoms with Crippen LogP contribution < -0.4 is 19.2 Å². The highest BCUT2D eigenvalue weighted by molar-refractivity contribution is 6.11. The van der Waals surface area contributed by atoms with Gasteiger partial charge in [0.1, 0.15) is 12.4 Å². The van der Waals surface area contributed by atoms with Gasteiger partial charge in [0, 0.05) is 11.5 Å². The molecule has 3 aromatic rings. The van der Waals surface area contributed by atoms with Crippen molar-refractivity contribution >= 4 is 17.3 Å². The number of fused-ring (bicyclic) bond motifs is 1. The SMILES string of the molecule is COc1ccc(C2=NN(c3ccc(OCc4ccccc4)cc3)C(=O)[C@@H]3CC=CC[C@H]23)cc1OC. The summed E-state index contributed by atoms with van der Waals surface area (Å²) in [5.41, 5.74) is 3.62. The Morgan fingerprint density at radius 2 is 1.57 bits per heavy atom. The number of rotatable bonds is 7. The van der Waals surface area contributed by atoms with Crippen LogP contribution in [0.2, 0.25) is 0 Å². The van der Waals surface area contributed by atoms with Gasteiger partial charge in [-0.1, -0.05) is 42.5 Å². The lowest BCUT2D eigenvalue weighted by Gasteiger charge is -2.37. The molecule has 0 spiro atoms. The van der Waals surface area contributed by atoms with Crippen LogP contribution in [0.4, 0.5) is 5.69 Å². The summed E-state index contributed by atoms with van der Waals surface area (Å²) >= 11 is 0. The predicted molar refractivity (Wildman–Crippen MR) is 136 cm³/mol. The molecule has 0 bridgehead atoms. The molecule has 0 saturated carbocycles. The molecule has 6 heteroatoms. The van der Waals surface area contributed by atoms with E-state index in [1.807, 2.05) is 72.8 Å².